The fourth-order valence-electron chi connectivity index (χ4n) is 2.71. The lowest BCUT2D eigenvalue weighted by Crippen LogP contribution is -2.36. The largest absolute Gasteiger partial charge is 0.482 e. The van der Waals surface area contributed by atoms with E-state index in [0.717, 1.165) is 33.2 Å². The summed E-state index contributed by atoms with van der Waals surface area (Å²) in [7, 11) is 0. The van der Waals surface area contributed by atoms with Gasteiger partial charge in [-0.1, -0.05) is 22.0 Å². The van der Waals surface area contributed by atoms with Gasteiger partial charge in [0.25, 0.3) is 5.69 Å². The first-order valence-electron chi connectivity index (χ1n) is 7.39. The highest BCUT2D eigenvalue weighted by molar-refractivity contribution is 9.09. The van der Waals surface area contributed by atoms with Gasteiger partial charge in [0.05, 0.1) is 5.56 Å². The van der Waals surface area contributed by atoms with Crippen molar-refractivity contribution in [3.63, 3.8) is 0 Å². The number of pyridine rings is 1. The van der Waals surface area contributed by atoms with Crippen molar-refractivity contribution in [1.29, 1.82) is 0 Å². The third kappa shape index (κ3) is 3.01. The Balaban J connectivity index is 2.24. The maximum absolute atomic E-state index is 11.7. The molecule has 0 saturated heterocycles. The summed E-state index contributed by atoms with van der Waals surface area (Å²) in [4.78, 5) is 11.7. The molecule has 0 spiro atoms. The molecule has 1 N–H and O–H groups in total. The number of ketones is 1. The number of benzene rings is 1. The van der Waals surface area contributed by atoms with E-state index in [9.17, 15) is 10.0 Å². The summed E-state index contributed by atoms with van der Waals surface area (Å²) in [5, 5.41) is 10.9. The minimum absolute atomic E-state index is 0.0161. The van der Waals surface area contributed by atoms with Crippen LogP contribution in [0.3, 0.4) is 0 Å². The van der Waals surface area contributed by atoms with Crippen molar-refractivity contribution in [3.05, 3.63) is 65.0 Å². The molecule has 1 aliphatic rings. The van der Waals surface area contributed by atoms with E-state index in [2.05, 4.69) is 22.0 Å². The van der Waals surface area contributed by atoms with Crippen LogP contribution in [-0.4, -0.2) is 16.3 Å². The van der Waals surface area contributed by atoms with Gasteiger partial charge in [0.1, 0.15) is 5.75 Å². The molecule has 2 aromatic rings. The Morgan fingerprint density at radius 3 is 2.96 bits per heavy atom. The number of ether oxygens (including phenoxy) is 1. The van der Waals surface area contributed by atoms with E-state index in [4.69, 9.17) is 4.74 Å². The van der Waals surface area contributed by atoms with Crippen molar-refractivity contribution in [2.45, 2.75) is 20.0 Å². The first-order chi connectivity index (χ1) is 11.1. The molecule has 0 fully saturated rings. The van der Waals surface area contributed by atoms with E-state index in [-0.39, 0.29) is 12.4 Å². The third-order valence-electron chi connectivity index (χ3n) is 3.87. The van der Waals surface area contributed by atoms with E-state index in [1.54, 1.807) is 25.3 Å². The lowest BCUT2D eigenvalue weighted by Gasteiger charge is -2.10. The van der Waals surface area contributed by atoms with Gasteiger partial charge >= 0.3 is 0 Å². The predicted octanol–water partition coefficient (Wildman–Crippen LogP) is 3.52. The zero-order chi connectivity index (χ0) is 16.4. The van der Waals surface area contributed by atoms with Crippen molar-refractivity contribution in [3.8, 4) is 5.75 Å². The van der Waals surface area contributed by atoms with Gasteiger partial charge in [-0.3, -0.25) is 10.0 Å². The second kappa shape index (κ2) is 6.54. The number of rotatable bonds is 3. The zero-order valence-electron chi connectivity index (χ0n) is 12.8. The summed E-state index contributed by atoms with van der Waals surface area (Å²) in [5.41, 5.74) is 4.10. The van der Waals surface area contributed by atoms with Crippen LogP contribution < -0.4 is 9.47 Å². The fraction of sp³-hybridized carbons (Fsp3) is 0.222. The molecule has 2 heterocycles. The van der Waals surface area contributed by atoms with E-state index in [1.807, 2.05) is 18.2 Å². The lowest BCUT2D eigenvalue weighted by molar-refractivity contribution is -0.910. The number of halogens is 1. The number of hydrogen-bond donors (Lipinski definition) is 1. The number of aromatic nitrogens is 1. The molecular formula is C18H17BrNO3+. The minimum atomic E-state index is 0.0161. The Morgan fingerprint density at radius 1 is 1.39 bits per heavy atom. The molecule has 4 nitrogen and oxygen atoms in total. The second-order valence-corrected chi connectivity index (χ2v) is 6.16. The molecule has 3 rings (SSSR count). The van der Waals surface area contributed by atoms with Crippen LogP contribution in [0.2, 0.25) is 0 Å². The number of fused-ring (bicyclic) bond motifs is 2. The Kier molecular flexibility index (Phi) is 4.48. The summed E-state index contributed by atoms with van der Waals surface area (Å²) < 4.78 is 6.95. The van der Waals surface area contributed by atoms with Gasteiger partial charge in [-0.25, -0.2) is 0 Å². The molecule has 1 aromatic heterocycles. The highest BCUT2D eigenvalue weighted by atomic mass is 79.9. The summed E-state index contributed by atoms with van der Waals surface area (Å²) in [6, 6.07) is 9.21. The van der Waals surface area contributed by atoms with E-state index in [1.165, 1.54) is 0 Å². The van der Waals surface area contributed by atoms with Crippen LogP contribution in [-0.2, 0) is 6.61 Å². The normalized spacial score (nSPS) is 14.6. The molecule has 0 bridgehead atoms. The molecule has 0 atom stereocenters. The van der Waals surface area contributed by atoms with Gasteiger partial charge in [0, 0.05) is 27.3 Å². The van der Waals surface area contributed by atoms with Crippen LogP contribution in [0, 0.1) is 0 Å². The summed E-state index contributed by atoms with van der Waals surface area (Å²) in [6.45, 7) is 1.82. The third-order valence-corrected chi connectivity index (χ3v) is 4.32. The summed E-state index contributed by atoms with van der Waals surface area (Å²) in [6.07, 6.45) is 4.52. The monoisotopic (exact) mass is 374 g/mol. The molecule has 23 heavy (non-hydrogen) atoms. The Morgan fingerprint density at radius 2 is 2.22 bits per heavy atom. The van der Waals surface area contributed by atoms with Crippen molar-refractivity contribution < 1.29 is 19.5 Å². The van der Waals surface area contributed by atoms with Crippen molar-refractivity contribution in [2.24, 2.45) is 0 Å². The molecule has 0 unspecified atom stereocenters. The fourth-order valence-corrected chi connectivity index (χ4v) is 2.94. The number of carbonyl (C=O) groups is 1. The Labute approximate surface area is 143 Å². The number of nitrogens with zero attached hydrogens (tertiary/aromatic N) is 1. The maximum atomic E-state index is 11.7. The van der Waals surface area contributed by atoms with Crippen molar-refractivity contribution in [1.82, 2.24) is 0 Å². The predicted molar refractivity (Wildman–Crippen MR) is 90.1 cm³/mol. The summed E-state index contributed by atoms with van der Waals surface area (Å²) in [5.74, 6) is 0.731. The standard InChI is InChI=1S/C18H17BrNO3/c1-12(21)13-6-7-18-16(10-13)14(4-2-8-19)15-5-3-9-20(22)17(15)11-23-18/h3-7,9-10,22H,2,8,11H2,1H3/q+1. The highest BCUT2D eigenvalue weighted by Gasteiger charge is 2.26. The van der Waals surface area contributed by atoms with Gasteiger partial charge < -0.3 is 4.74 Å². The summed E-state index contributed by atoms with van der Waals surface area (Å²) >= 11 is 3.44. The van der Waals surface area contributed by atoms with Gasteiger partial charge in [-0.15, -0.1) is 0 Å². The van der Waals surface area contributed by atoms with Crippen LogP contribution in [0.15, 0.2) is 42.6 Å². The van der Waals surface area contributed by atoms with Crippen molar-refractivity contribution >= 4 is 27.3 Å². The maximum Gasteiger partial charge on any atom is 0.279 e. The second-order valence-electron chi connectivity index (χ2n) is 5.36. The van der Waals surface area contributed by atoms with E-state index in [0.29, 0.717) is 17.0 Å². The number of alkyl halides is 1. The molecule has 1 aromatic carbocycles. The van der Waals surface area contributed by atoms with Crippen LogP contribution in [0.25, 0.3) is 5.57 Å². The van der Waals surface area contributed by atoms with Gasteiger partial charge in [0.2, 0.25) is 6.20 Å². The first kappa shape index (κ1) is 15.7. The quantitative estimate of drug-likeness (QED) is 0.387. The molecule has 0 amide bonds. The molecule has 0 radical (unpaired) electrons. The van der Waals surface area contributed by atoms with E-state index >= 15 is 0 Å². The lowest BCUT2D eigenvalue weighted by atomic mass is 9.94. The molecule has 1 aliphatic heterocycles. The van der Waals surface area contributed by atoms with E-state index < -0.39 is 0 Å². The first-order valence-corrected chi connectivity index (χ1v) is 8.51. The van der Waals surface area contributed by atoms with Crippen LogP contribution in [0.5, 0.6) is 5.75 Å². The van der Waals surface area contributed by atoms with Crippen molar-refractivity contribution in [2.75, 3.05) is 5.33 Å². The average molecular weight is 375 g/mol. The number of Topliss-reactive ketones (excluding diaryl/α,β-unsaturated/α-hetero) is 1. The Bertz CT molecular complexity index is 799. The molecule has 0 aliphatic carbocycles. The Hall–Kier alpha value is -2.14. The zero-order valence-corrected chi connectivity index (χ0v) is 14.3. The molecular weight excluding hydrogens is 358 g/mol. The highest BCUT2D eigenvalue weighted by Crippen LogP contribution is 2.36. The number of hydrogen-bond acceptors (Lipinski definition) is 3. The smallest absolute Gasteiger partial charge is 0.279 e. The molecule has 5 heteroatoms. The van der Waals surface area contributed by atoms with Crippen LogP contribution in [0.1, 0.15) is 40.5 Å². The molecule has 0 saturated carbocycles. The van der Waals surface area contributed by atoms with Gasteiger partial charge in [0.15, 0.2) is 12.4 Å². The van der Waals surface area contributed by atoms with Gasteiger partial charge in [-0.05, 0) is 43.2 Å². The van der Waals surface area contributed by atoms with Crippen LogP contribution in [0.4, 0.5) is 0 Å². The van der Waals surface area contributed by atoms with Crippen LogP contribution >= 0.6 is 15.9 Å². The molecule has 118 valence electrons. The SMILES string of the molecule is CC(=O)c1ccc2c(c1)C(=CCCBr)c1ccc[n+](O)c1CO2. The number of allylic oxidation sites excluding steroid dienone is 1. The minimum Gasteiger partial charge on any atom is -0.482 e. The average Bonchev–Trinajstić information content (AvgIpc) is 2.70. The van der Waals surface area contributed by atoms with Gasteiger partial charge in [-0.2, -0.15) is 0 Å². The topological polar surface area (TPSA) is 50.4 Å². The number of carbonyl (C=O) groups excluding carboxylic acids is 1.